The number of alkyl halides is 3. The van der Waals surface area contributed by atoms with Crippen LogP contribution in [0.4, 0.5) is 18.0 Å². The first-order chi connectivity index (χ1) is 17.5. The van der Waals surface area contributed by atoms with Crippen LogP contribution >= 0.6 is 0 Å². The summed E-state index contributed by atoms with van der Waals surface area (Å²) in [6.07, 6.45) is -5.16. The maximum Gasteiger partial charge on any atom is 0.389 e. The van der Waals surface area contributed by atoms with Crippen molar-refractivity contribution in [2.24, 2.45) is 11.1 Å². The van der Waals surface area contributed by atoms with E-state index in [2.05, 4.69) is 27.8 Å². The van der Waals surface area contributed by atoms with Gasteiger partial charge in [-0.25, -0.2) is 4.79 Å². The molecule has 0 aromatic carbocycles. The van der Waals surface area contributed by atoms with Gasteiger partial charge in [-0.05, 0) is 24.7 Å². The summed E-state index contributed by atoms with van der Waals surface area (Å²) < 4.78 is 38.5. The molecule has 214 valence electrons. The van der Waals surface area contributed by atoms with Crippen molar-refractivity contribution in [1.82, 2.24) is 26.2 Å². The molecule has 0 aromatic rings. The topological polar surface area (TPSA) is 180 Å². The number of primary amides is 1. The number of nitrogens with zero attached hydrogens (tertiary/aromatic N) is 1. The van der Waals surface area contributed by atoms with Crippen LogP contribution < -0.4 is 27.0 Å². The van der Waals surface area contributed by atoms with Crippen LogP contribution in [-0.2, 0) is 24.0 Å². The highest BCUT2D eigenvalue weighted by molar-refractivity contribution is 6.38. The van der Waals surface area contributed by atoms with Crippen LogP contribution in [-0.4, -0.2) is 84.3 Å². The molecule has 1 aliphatic rings. The Kier molecular flexibility index (Phi) is 11.7. The van der Waals surface area contributed by atoms with E-state index in [0.717, 1.165) is 0 Å². The van der Waals surface area contributed by atoms with Gasteiger partial charge >= 0.3 is 12.2 Å². The molecule has 1 rings (SSSR count). The molecule has 12 nitrogen and oxygen atoms in total. The molecule has 0 spiro atoms. The fraction of sp³-hybridized carbons (Fsp3) is 0.652. The van der Waals surface area contributed by atoms with E-state index in [4.69, 9.17) is 5.73 Å². The molecule has 38 heavy (non-hydrogen) atoms. The largest absolute Gasteiger partial charge is 0.389 e. The minimum absolute atomic E-state index is 0.106. The number of hydrogen-bond donors (Lipinski definition) is 5. The first-order valence-corrected chi connectivity index (χ1v) is 11.9. The van der Waals surface area contributed by atoms with Crippen LogP contribution in [0.5, 0.6) is 0 Å². The van der Waals surface area contributed by atoms with Crippen molar-refractivity contribution < 1.29 is 41.9 Å². The number of nitrogens with two attached hydrogens (primary N) is 1. The minimum Gasteiger partial charge on any atom is -0.368 e. The lowest BCUT2D eigenvalue weighted by molar-refractivity contribution is -0.147. The molecule has 2 unspecified atom stereocenters. The smallest absolute Gasteiger partial charge is 0.368 e. The van der Waals surface area contributed by atoms with Crippen molar-refractivity contribution in [1.29, 1.82) is 0 Å². The number of likely N-dealkylation sites (tertiary alicyclic amines) is 1. The van der Waals surface area contributed by atoms with Crippen LogP contribution in [0.25, 0.3) is 0 Å². The summed E-state index contributed by atoms with van der Waals surface area (Å²) in [4.78, 5) is 75.3. The zero-order valence-electron chi connectivity index (χ0n) is 21.6. The van der Waals surface area contributed by atoms with E-state index < -0.39 is 84.5 Å². The molecule has 1 aliphatic heterocycles. The standard InChI is InChI=1S/C23H35F3N6O6/c1-5-10-28-19(36)16(34)13(8-9-23(24,25)26)30-18(35)14-7-6-11-32(14)20(37)17(22(2,3)4)31-21(38)29-12-15(27)33/h5,13-14,17H,1,6-12H2,2-4H3,(H2,27,33)(H,28,36)(H,30,35)(H2,29,31,38)/t13?,14-,17?/m0/s1. The Labute approximate surface area is 218 Å². The third-order valence-electron chi connectivity index (χ3n) is 5.63. The molecule has 0 saturated carbocycles. The molecule has 0 radical (unpaired) electrons. The number of ketones is 1. The molecule has 3 atom stereocenters. The number of rotatable bonds is 12. The number of amides is 6. The minimum atomic E-state index is -4.64. The highest BCUT2D eigenvalue weighted by Crippen LogP contribution is 2.27. The van der Waals surface area contributed by atoms with Gasteiger partial charge in [0.25, 0.3) is 5.91 Å². The highest BCUT2D eigenvalue weighted by Gasteiger charge is 2.43. The number of carbonyl (C=O) groups excluding carboxylic acids is 6. The van der Waals surface area contributed by atoms with E-state index in [1.807, 2.05) is 0 Å². The van der Waals surface area contributed by atoms with E-state index in [9.17, 15) is 41.9 Å². The fourth-order valence-electron chi connectivity index (χ4n) is 3.72. The SMILES string of the molecule is C=CCNC(=O)C(=O)C(CCC(F)(F)F)NC(=O)[C@@H]1CCCN1C(=O)C(NC(=O)NCC(N)=O)C(C)(C)C. The summed E-state index contributed by atoms with van der Waals surface area (Å²) in [5, 5.41) is 9.04. The van der Waals surface area contributed by atoms with Crippen LogP contribution in [0, 0.1) is 5.41 Å². The molecular weight excluding hydrogens is 513 g/mol. The Balaban J connectivity index is 3.08. The molecule has 6 amide bonds. The average molecular weight is 549 g/mol. The summed E-state index contributed by atoms with van der Waals surface area (Å²) >= 11 is 0. The van der Waals surface area contributed by atoms with Crippen LogP contribution in [0.1, 0.15) is 46.5 Å². The zero-order chi connectivity index (χ0) is 29.3. The van der Waals surface area contributed by atoms with Crippen LogP contribution in [0.3, 0.4) is 0 Å². The lowest BCUT2D eigenvalue weighted by atomic mass is 9.85. The maximum absolute atomic E-state index is 13.4. The Morgan fingerprint density at radius 1 is 1.08 bits per heavy atom. The number of halogens is 3. The Morgan fingerprint density at radius 3 is 2.24 bits per heavy atom. The number of Topliss-reactive ketones (excluding diaryl/α,β-unsaturated/α-hetero) is 1. The lowest BCUT2D eigenvalue weighted by Crippen LogP contribution is -2.60. The highest BCUT2D eigenvalue weighted by atomic mass is 19.4. The second-order valence-electron chi connectivity index (χ2n) is 9.86. The van der Waals surface area contributed by atoms with Gasteiger partial charge in [-0.3, -0.25) is 24.0 Å². The summed E-state index contributed by atoms with van der Waals surface area (Å²) in [7, 11) is 0. The Morgan fingerprint density at radius 2 is 1.71 bits per heavy atom. The van der Waals surface area contributed by atoms with Gasteiger partial charge in [0.2, 0.25) is 23.5 Å². The maximum atomic E-state index is 13.4. The van der Waals surface area contributed by atoms with Gasteiger partial charge in [-0.2, -0.15) is 13.2 Å². The van der Waals surface area contributed by atoms with Crippen molar-refractivity contribution in [3.8, 4) is 0 Å². The first kappa shape index (κ1) is 32.4. The van der Waals surface area contributed by atoms with Crippen molar-refractivity contribution in [2.75, 3.05) is 19.6 Å². The van der Waals surface area contributed by atoms with Gasteiger partial charge in [-0.15, -0.1) is 6.58 Å². The van der Waals surface area contributed by atoms with E-state index in [-0.39, 0.29) is 19.5 Å². The molecular formula is C23H35F3N6O6. The van der Waals surface area contributed by atoms with Crippen LogP contribution in [0.15, 0.2) is 12.7 Å². The second kappa shape index (κ2) is 13.8. The van der Waals surface area contributed by atoms with E-state index >= 15 is 0 Å². The quantitative estimate of drug-likeness (QED) is 0.167. The molecule has 1 fully saturated rings. The Hall–Kier alpha value is -3.65. The summed E-state index contributed by atoms with van der Waals surface area (Å²) in [6.45, 7) is 7.86. The molecule has 1 saturated heterocycles. The fourth-order valence-corrected chi connectivity index (χ4v) is 3.72. The number of carbonyl (C=O) groups is 6. The second-order valence-corrected chi connectivity index (χ2v) is 9.86. The Bertz CT molecular complexity index is 934. The monoisotopic (exact) mass is 548 g/mol. The van der Waals surface area contributed by atoms with Crippen molar-refractivity contribution in [3.05, 3.63) is 12.7 Å². The number of hydrogen-bond acceptors (Lipinski definition) is 6. The summed E-state index contributed by atoms with van der Waals surface area (Å²) in [5.74, 6) is -4.80. The lowest BCUT2D eigenvalue weighted by Gasteiger charge is -2.35. The van der Waals surface area contributed by atoms with Gasteiger partial charge in [0, 0.05) is 19.5 Å². The average Bonchev–Trinajstić information content (AvgIpc) is 3.30. The molecule has 1 heterocycles. The predicted octanol–water partition coefficient (Wildman–Crippen LogP) is -0.125. The molecule has 0 aromatic heterocycles. The predicted molar refractivity (Wildman–Crippen MR) is 129 cm³/mol. The van der Waals surface area contributed by atoms with Crippen molar-refractivity contribution in [3.63, 3.8) is 0 Å². The van der Waals surface area contributed by atoms with Crippen molar-refractivity contribution in [2.45, 2.75) is 70.8 Å². The van der Waals surface area contributed by atoms with Gasteiger partial charge in [0.15, 0.2) is 0 Å². The molecule has 15 heteroatoms. The number of nitrogens with one attached hydrogen (secondary N) is 4. The molecule has 0 aliphatic carbocycles. The van der Waals surface area contributed by atoms with Gasteiger partial charge in [0.05, 0.1) is 12.6 Å². The zero-order valence-corrected chi connectivity index (χ0v) is 21.6. The molecule has 0 bridgehead atoms. The molecule has 6 N–H and O–H groups in total. The first-order valence-electron chi connectivity index (χ1n) is 11.9. The summed E-state index contributed by atoms with van der Waals surface area (Å²) in [6, 6.07) is -4.93. The third kappa shape index (κ3) is 10.4. The summed E-state index contributed by atoms with van der Waals surface area (Å²) in [5.41, 5.74) is 4.15. The van der Waals surface area contributed by atoms with E-state index in [1.54, 1.807) is 20.8 Å². The van der Waals surface area contributed by atoms with Gasteiger partial charge < -0.3 is 31.9 Å². The van der Waals surface area contributed by atoms with E-state index in [1.165, 1.54) is 11.0 Å². The van der Waals surface area contributed by atoms with Crippen molar-refractivity contribution >= 4 is 35.4 Å². The van der Waals surface area contributed by atoms with Gasteiger partial charge in [0.1, 0.15) is 12.1 Å². The third-order valence-corrected chi connectivity index (χ3v) is 5.63. The number of urea groups is 1. The van der Waals surface area contributed by atoms with Gasteiger partial charge in [-0.1, -0.05) is 26.8 Å². The van der Waals surface area contributed by atoms with E-state index in [0.29, 0.717) is 6.42 Å². The normalized spacial score (nSPS) is 17.1. The van der Waals surface area contributed by atoms with Crippen LogP contribution in [0.2, 0.25) is 0 Å².